The fourth-order valence-corrected chi connectivity index (χ4v) is 2.28. The Balaban J connectivity index is 1.71. The highest BCUT2D eigenvalue weighted by Crippen LogP contribution is 2.20. The third-order valence-electron chi connectivity index (χ3n) is 3.09. The summed E-state index contributed by atoms with van der Waals surface area (Å²) in [6.07, 6.45) is 1.88. The van der Waals surface area contributed by atoms with Crippen molar-refractivity contribution >= 4 is 23.0 Å². The number of hydrazone groups is 1. The molecule has 3 rings (SSSR count). The number of nitrogens with one attached hydrogen (secondary N) is 1. The van der Waals surface area contributed by atoms with Crippen molar-refractivity contribution in [2.75, 3.05) is 5.43 Å². The lowest BCUT2D eigenvalue weighted by Gasteiger charge is -2.01. The van der Waals surface area contributed by atoms with Gasteiger partial charge in [-0.15, -0.1) is 0 Å². The molecule has 2 aromatic carbocycles. The Morgan fingerprint density at radius 1 is 0.889 bits per heavy atom. The minimum Gasteiger partial charge on any atom is -0.279 e. The summed E-state index contributed by atoms with van der Waals surface area (Å²) < 4.78 is 0. The van der Waals surface area contributed by atoms with Crippen LogP contribution in [-0.4, -0.2) is 5.71 Å². The topological polar surface area (TPSA) is 24.4 Å². The van der Waals surface area contributed by atoms with Crippen LogP contribution in [0, 0.1) is 0 Å². The van der Waals surface area contributed by atoms with Gasteiger partial charge in [-0.05, 0) is 35.4 Å². The molecule has 90 valence electrons. The number of halogens is 1. The van der Waals surface area contributed by atoms with Gasteiger partial charge in [0.05, 0.1) is 5.69 Å². The third kappa shape index (κ3) is 2.39. The van der Waals surface area contributed by atoms with Crippen molar-refractivity contribution in [3.05, 3.63) is 64.7 Å². The SMILES string of the molecule is Clc1ccc(NN=C2Cc3ccccc3C2)cc1. The first-order valence-corrected chi connectivity index (χ1v) is 6.33. The van der Waals surface area contributed by atoms with E-state index in [-0.39, 0.29) is 0 Å². The molecular weight excluding hydrogens is 244 g/mol. The molecule has 1 aliphatic rings. The number of nitrogens with zero attached hydrogens (tertiary/aromatic N) is 1. The minimum absolute atomic E-state index is 0.737. The molecule has 0 amide bonds. The maximum absolute atomic E-state index is 5.84. The summed E-state index contributed by atoms with van der Waals surface area (Å²) in [7, 11) is 0. The molecule has 1 aliphatic carbocycles. The summed E-state index contributed by atoms with van der Waals surface area (Å²) in [5.74, 6) is 0. The van der Waals surface area contributed by atoms with Gasteiger partial charge in [0.2, 0.25) is 0 Å². The van der Waals surface area contributed by atoms with Crippen molar-refractivity contribution in [3.8, 4) is 0 Å². The van der Waals surface area contributed by atoms with Gasteiger partial charge in [-0.25, -0.2) is 0 Å². The van der Waals surface area contributed by atoms with Crippen LogP contribution in [0.15, 0.2) is 53.6 Å². The third-order valence-corrected chi connectivity index (χ3v) is 3.35. The lowest BCUT2D eigenvalue weighted by molar-refractivity contribution is 1.26. The van der Waals surface area contributed by atoms with Gasteiger partial charge in [-0.1, -0.05) is 35.9 Å². The van der Waals surface area contributed by atoms with E-state index in [4.69, 9.17) is 11.6 Å². The van der Waals surface area contributed by atoms with Crippen molar-refractivity contribution in [2.24, 2.45) is 5.10 Å². The van der Waals surface area contributed by atoms with Gasteiger partial charge < -0.3 is 0 Å². The van der Waals surface area contributed by atoms with E-state index in [0.29, 0.717) is 0 Å². The summed E-state index contributed by atoms with van der Waals surface area (Å²) in [5, 5.41) is 5.20. The lowest BCUT2D eigenvalue weighted by Crippen LogP contribution is -2.01. The molecule has 0 heterocycles. The van der Waals surface area contributed by atoms with Crippen LogP contribution >= 0.6 is 11.6 Å². The Morgan fingerprint density at radius 2 is 1.50 bits per heavy atom. The van der Waals surface area contributed by atoms with Gasteiger partial charge in [0, 0.05) is 23.6 Å². The number of rotatable bonds is 2. The van der Waals surface area contributed by atoms with Crippen LogP contribution < -0.4 is 5.43 Å². The number of benzene rings is 2. The second-order valence-corrected chi connectivity index (χ2v) is 4.86. The van der Waals surface area contributed by atoms with Crippen LogP contribution in [0.3, 0.4) is 0 Å². The Labute approximate surface area is 111 Å². The van der Waals surface area contributed by atoms with Crippen LogP contribution in [0.1, 0.15) is 11.1 Å². The van der Waals surface area contributed by atoms with Crippen LogP contribution in [0.25, 0.3) is 0 Å². The Kier molecular flexibility index (Phi) is 3.03. The van der Waals surface area contributed by atoms with Crippen molar-refractivity contribution in [1.82, 2.24) is 0 Å². The zero-order valence-corrected chi connectivity index (χ0v) is 10.6. The van der Waals surface area contributed by atoms with Crippen LogP contribution in [0.2, 0.25) is 5.02 Å². The van der Waals surface area contributed by atoms with E-state index in [1.807, 2.05) is 24.3 Å². The van der Waals surface area contributed by atoms with Gasteiger partial charge in [-0.2, -0.15) is 5.10 Å². The molecule has 0 saturated carbocycles. The number of fused-ring (bicyclic) bond motifs is 1. The van der Waals surface area contributed by atoms with E-state index in [9.17, 15) is 0 Å². The Hall–Kier alpha value is -1.80. The number of hydrogen-bond donors (Lipinski definition) is 1. The molecule has 0 aromatic heterocycles. The molecule has 2 nitrogen and oxygen atoms in total. The van der Waals surface area contributed by atoms with Gasteiger partial charge in [0.1, 0.15) is 0 Å². The van der Waals surface area contributed by atoms with Crippen molar-refractivity contribution in [1.29, 1.82) is 0 Å². The number of hydrogen-bond acceptors (Lipinski definition) is 2. The summed E-state index contributed by atoms with van der Waals surface area (Å²) in [4.78, 5) is 0. The molecule has 0 unspecified atom stereocenters. The molecule has 3 heteroatoms. The Morgan fingerprint density at radius 3 is 2.11 bits per heavy atom. The minimum atomic E-state index is 0.737. The van der Waals surface area contributed by atoms with Crippen LogP contribution in [0.5, 0.6) is 0 Å². The molecule has 0 bridgehead atoms. The summed E-state index contributed by atoms with van der Waals surface area (Å²) in [5.41, 5.74) is 7.98. The fourth-order valence-electron chi connectivity index (χ4n) is 2.15. The largest absolute Gasteiger partial charge is 0.279 e. The van der Waals surface area contributed by atoms with Crippen molar-refractivity contribution in [2.45, 2.75) is 12.8 Å². The molecule has 18 heavy (non-hydrogen) atoms. The van der Waals surface area contributed by atoms with E-state index in [0.717, 1.165) is 23.6 Å². The van der Waals surface area contributed by atoms with E-state index >= 15 is 0 Å². The van der Waals surface area contributed by atoms with Gasteiger partial charge in [0.25, 0.3) is 0 Å². The predicted molar refractivity (Wildman–Crippen MR) is 76.4 cm³/mol. The fraction of sp³-hybridized carbons (Fsp3) is 0.133. The quantitative estimate of drug-likeness (QED) is 0.810. The first-order chi connectivity index (χ1) is 8.81. The van der Waals surface area contributed by atoms with E-state index in [1.54, 1.807) is 0 Å². The number of anilines is 1. The van der Waals surface area contributed by atoms with E-state index in [1.165, 1.54) is 16.8 Å². The average Bonchev–Trinajstić information content (AvgIpc) is 2.81. The first kappa shape index (κ1) is 11.3. The highest BCUT2D eigenvalue weighted by molar-refractivity contribution is 6.30. The first-order valence-electron chi connectivity index (χ1n) is 5.95. The summed E-state index contributed by atoms with van der Waals surface area (Å²) in [6.45, 7) is 0. The summed E-state index contributed by atoms with van der Waals surface area (Å²) in [6, 6.07) is 16.0. The predicted octanol–water partition coefficient (Wildman–Crippen LogP) is 3.91. The zero-order chi connectivity index (χ0) is 12.4. The van der Waals surface area contributed by atoms with Crippen LogP contribution in [0.4, 0.5) is 5.69 Å². The van der Waals surface area contributed by atoms with Crippen molar-refractivity contribution < 1.29 is 0 Å². The summed E-state index contributed by atoms with van der Waals surface area (Å²) >= 11 is 5.84. The highest BCUT2D eigenvalue weighted by Gasteiger charge is 2.15. The molecular formula is C15H13ClN2. The molecule has 1 N–H and O–H groups in total. The lowest BCUT2D eigenvalue weighted by atomic mass is 10.1. The zero-order valence-electron chi connectivity index (χ0n) is 9.86. The van der Waals surface area contributed by atoms with Crippen molar-refractivity contribution in [3.63, 3.8) is 0 Å². The smallest absolute Gasteiger partial charge is 0.0562 e. The maximum atomic E-state index is 5.84. The molecule has 0 fully saturated rings. The van der Waals surface area contributed by atoms with Gasteiger partial charge >= 0.3 is 0 Å². The highest BCUT2D eigenvalue weighted by atomic mass is 35.5. The normalized spacial score (nSPS) is 13.3. The second kappa shape index (κ2) is 4.83. The maximum Gasteiger partial charge on any atom is 0.0562 e. The standard InChI is InChI=1S/C15H13ClN2/c16-13-5-7-14(8-6-13)17-18-15-9-11-3-1-2-4-12(11)10-15/h1-8,17H,9-10H2. The monoisotopic (exact) mass is 256 g/mol. The van der Waals surface area contributed by atoms with Gasteiger partial charge in [-0.3, -0.25) is 5.43 Å². The molecule has 0 spiro atoms. The van der Waals surface area contributed by atoms with E-state index in [2.05, 4.69) is 34.8 Å². The Bertz CT molecular complexity index is 561. The molecule has 0 radical (unpaired) electrons. The average molecular weight is 257 g/mol. The molecule has 2 aromatic rings. The second-order valence-electron chi connectivity index (χ2n) is 4.42. The van der Waals surface area contributed by atoms with Gasteiger partial charge in [0.15, 0.2) is 0 Å². The molecule has 0 aliphatic heterocycles. The van der Waals surface area contributed by atoms with Crippen LogP contribution in [-0.2, 0) is 12.8 Å². The molecule has 0 saturated heterocycles. The van der Waals surface area contributed by atoms with E-state index < -0.39 is 0 Å². The molecule has 0 atom stereocenters.